The Balaban J connectivity index is 0.000000190. The molecule has 0 aliphatic rings. The van der Waals surface area contributed by atoms with Gasteiger partial charge in [-0.1, -0.05) is 75.4 Å². The maximum atomic E-state index is 12.3. The Labute approximate surface area is 307 Å². The van der Waals surface area contributed by atoms with E-state index < -0.39 is 21.7 Å². The molecule has 51 heavy (non-hydrogen) atoms. The van der Waals surface area contributed by atoms with Gasteiger partial charge in [0.25, 0.3) is 0 Å². The molecular weight excluding hydrogens is 727 g/mol. The van der Waals surface area contributed by atoms with Crippen LogP contribution in [-0.2, 0) is 20.0 Å². The number of aldehydes is 2. The maximum Gasteiger partial charge on any atom is 0.488 e. The number of aromatic nitrogens is 2. The Hall–Kier alpha value is -4.55. The van der Waals surface area contributed by atoms with Crippen LogP contribution in [0.15, 0.2) is 114 Å². The van der Waals surface area contributed by atoms with Crippen molar-refractivity contribution in [3.05, 3.63) is 136 Å². The van der Waals surface area contributed by atoms with E-state index in [4.69, 9.17) is 10.0 Å². The van der Waals surface area contributed by atoms with E-state index in [-0.39, 0.29) is 5.41 Å². The summed E-state index contributed by atoms with van der Waals surface area (Å²) in [5.74, 6) is 0. The van der Waals surface area contributed by atoms with Crippen molar-refractivity contribution in [1.82, 2.24) is 9.97 Å². The van der Waals surface area contributed by atoms with Crippen LogP contribution in [0.5, 0.6) is 0 Å². The number of sulfone groups is 1. The van der Waals surface area contributed by atoms with Crippen molar-refractivity contribution in [3.63, 3.8) is 0 Å². The fourth-order valence-corrected chi connectivity index (χ4v) is 6.25. The van der Waals surface area contributed by atoms with Crippen molar-refractivity contribution >= 4 is 72.7 Å². The lowest BCUT2D eigenvalue weighted by molar-refractivity contribution is 0.111. The third-order valence-corrected chi connectivity index (χ3v) is 11.2. The number of nitrogens with zero attached hydrogens (tertiary/aromatic N) is 2. The molecule has 4 aromatic carbocycles. The Bertz CT molecular complexity index is 2300. The van der Waals surface area contributed by atoms with E-state index in [9.17, 15) is 18.0 Å². The summed E-state index contributed by atoms with van der Waals surface area (Å²) in [7, 11) is -4.82. The molecule has 0 aliphatic heterocycles. The molecule has 2 N–H and O–H groups in total. The molecule has 0 saturated carbocycles. The van der Waals surface area contributed by atoms with Gasteiger partial charge in [0.1, 0.15) is 12.6 Å². The minimum absolute atomic E-state index is 0.173. The van der Waals surface area contributed by atoms with E-state index in [1.165, 1.54) is 29.3 Å². The van der Waals surface area contributed by atoms with E-state index in [1.807, 2.05) is 48.7 Å². The molecule has 6 aromatic rings. The minimum Gasteiger partial charge on any atom is -0.423 e. The van der Waals surface area contributed by atoms with Crippen LogP contribution < -0.4 is 5.46 Å². The molecule has 2 heterocycles. The summed E-state index contributed by atoms with van der Waals surface area (Å²) in [4.78, 5) is 30.2. The Kier molecular flexibility index (Phi) is 12.5. The Morgan fingerprint density at radius 2 is 1.24 bits per heavy atom. The van der Waals surface area contributed by atoms with E-state index in [2.05, 4.69) is 64.9 Å². The van der Waals surface area contributed by atoms with Gasteiger partial charge in [-0.15, -0.1) is 0 Å². The normalized spacial score (nSPS) is 11.5. The first-order valence-electron chi connectivity index (χ1n) is 16.1. The topological polar surface area (TPSA) is 135 Å². The number of rotatable bonds is 6. The van der Waals surface area contributed by atoms with Crippen LogP contribution in [0.3, 0.4) is 0 Å². The van der Waals surface area contributed by atoms with Gasteiger partial charge < -0.3 is 10.0 Å². The van der Waals surface area contributed by atoms with Crippen molar-refractivity contribution < 1.29 is 28.1 Å². The lowest BCUT2D eigenvalue weighted by Crippen LogP contribution is -2.29. The summed E-state index contributed by atoms with van der Waals surface area (Å²) in [6.07, 6.45) is 6.23. The van der Waals surface area contributed by atoms with Crippen LogP contribution in [0, 0.1) is 0 Å². The molecule has 2 aromatic heterocycles. The fourth-order valence-electron chi connectivity index (χ4n) is 5.13. The van der Waals surface area contributed by atoms with E-state index in [1.54, 1.807) is 44.3 Å². The van der Waals surface area contributed by atoms with Gasteiger partial charge in [0.05, 0.1) is 15.8 Å². The number of fused-ring (bicyclic) bond motifs is 2. The molecule has 0 unspecified atom stereocenters. The molecule has 262 valence electrons. The van der Waals surface area contributed by atoms with Crippen LogP contribution in [-0.4, -0.2) is 54.4 Å². The second-order valence-corrected chi connectivity index (χ2v) is 17.0. The first kappa shape index (κ1) is 39.2. The average molecular weight is 768 g/mol. The molecule has 8 nitrogen and oxygen atoms in total. The highest BCUT2D eigenvalue weighted by atomic mass is 79.9. The standard InChI is InChI=1S/C20H19NO3S.C13H14BrN.C7H7BO3/c1-20(2,25(3,23)24)17-11-16-8-5-9-21-19(16)18(12-17)15-7-4-6-14(10-15)13-22;1-13(2,3)10-7-9-5-4-6-15-12(9)11(14)8-10;9-5-6-2-1-3-7(4-6)8(10)11/h4-13H,1-3H3;4-8H,1-3H3;1-5,10-11H. The quantitative estimate of drug-likeness (QED) is 0.132. The molecule has 0 fully saturated rings. The minimum atomic E-state index is -3.31. The molecular formula is C40H40BBrN2O6S. The molecule has 0 saturated heterocycles. The molecule has 0 spiro atoms. The van der Waals surface area contributed by atoms with Crippen molar-refractivity contribution in [1.29, 1.82) is 0 Å². The second-order valence-electron chi connectivity index (χ2n) is 13.6. The van der Waals surface area contributed by atoms with E-state index in [0.29, 0.717) is 28.4 Å². The van der Waals surface area contributed by atoms with Gasteiger partial charge in [-0.05, 0) is 99.8 Å². The van der Waals surface area contributed by atoms with Crippen LogP contribution in [0.2, 0.25) is 0 Å². The second kappa shape index (κ2) is 16.2. The first-order valence-corrected chi connectivity index (χ1v) is 18.7. The predicted molar refractivity (Wildman–Crippen MR) is 210 cm³/mol. The van der Waals surface area contributed by atoms with E-state index >= 15 is 0 Å². The van der Waals surface area contributed by atoms with Gasteiger partial charge in [-0.2, -0.15) is 0 Å². The van der Waals surface area contributed by atoms with Crippen LogP contribution in [0.25, 0.3) is 32.9 Å². The van der Waals surface area contributed by atoms with Gasteiger partial charge in [-0.25, -0.2) is 8.42 Å². The summed E-state index contributed by atoms with van der Waals surface area (Å²) < 4.78 is 24.6. The summed E-state index contributed by atoms with van der Waals surface area (Å²) in [6, 6.07) is 29.3. The molecule has 6 rings (SSSR count). The number of benzene rings is 4. The zero-order valence-electron chi connectivity index (χ0n) is 29.3. The summed E-state index contributed by atoms with van der Waals surface area (Å²) in [5, 5.41) is 19.4. The molecule has 0 atom stereocenters. The Morgan fingerprint density at radius 1 is 0.686 bits per heavy atom. The van der Waals surface area contributed by atoms with Crippen LogP contribution >= 0.6 is 15.9 Å². The van der Waals surface area contributed by atoms with Crippen LogP contribution in [0.1, 0.15) is 66.5 Å². The number of carbonyl (C=O) groups excluding carboxylic acids is 2. The zero-order chi connectivity index (χ0) is 37.6. The average Bonchev–Trinajstić information content (AvgIpc) is 3.11. The lowest BCUT2D eigenvalue weighted by Gasteiger charge is -2.24. The van der Waals surface area contributed by atoms with E-state index in [0.717, 1.165) is 38.3 Å². The number of carbonyl (C=O) groups is 2. The maximum absolute atomic E-state index is 12.3. The number of hydrogen-bond acceptors (Lipinski definition) is 8. The number of hydrogen-bond donors (Lipinski definition) is 2. The number of halogens is 1. The zero-order valence-corrected chi connectivity index (χ0v) is 31.7. The highest BCUT2D eigenvalue weighted by Crippen LogP contribution is 2.36. The van der Waals surface area contributed by atoms with Gasteiger partial charge in [0.15, 0.2) is 9.84 Å². The molecule has 0 bridgehead atoms. The largest absolute Gasteiger partial charge is 0.488 e. The fraction of sp³-hybridized carbons (Fsp3) is 0.200. The van der Waals surface area contributed by atoms with Crippen molar-refractivity contribution in [2.24, 2.45) is 0 Å². The molecule has 11 heteroatoms. The van der Waals surface area contributed by atoms with Crippen molar-refractivity contribution in [2.75, 3.05) is 6.26 Å². The van der Waals surface area contributed by atoms with Crippen LogP contribution in [0.4, 0.5) is 0 Å². The molecule has 0 aliphatic carbocycles. The van der Waals surface area contributed by atoms with Crippen molar-refractivity contribution in [2.45, 2.75) is 44.8 Å². The highest BCUT2D eigenvalue weighted by Gasteiger charge is 2.33. The molecule has 0 radical (unpaired) electrons. The van der Waals surface area contributed by atoms with Gasteiger partial charge in [0.2, 0.25) is 0 Å². The summed E-state index contributed by atoms with van der Waals surface area (Å²) in [6.45, 7) is 10.1. The third-order valence-electron chi connectivity index (χ3n) is 8.53. The smallest absolute Gasteiger partial charge is 0.423 e. The van der Waals surface area contributed by atoms with Gasteiger partial charge in [-0.3, -0.25) is 19.6 Å². The highest BCUT2D eigenvalue weighted by molar-refractivity contribution is 9.10. The van der Waals surface area contributed by atoms with Gasteiger partial charge in [0, 0.05) is 50.6 Å². The molecule has 0 amide bonds. The SMILES string of the molecule is CC(C)(C)c1cc(Br)c2ncccc2c1.CC(C)(c1cc(-c2cccc(C=O)c2)c2ncccc2c1)S(C)(=O)=O.O=Cc1cccc(B(O)O)c1. The van der Waals surface area contributed by atoms with Crippen molar-refractivity contribution in [3.8, 4) is 11.1 Å². The predicted octanol–water partition coefficient (Wildman–Crippen LogP) is 7.47. The monoisotopic (exact) mass is 766 g/mol. The van der Waals surface area contributed by atoms with Gasteiger partial charge >= 0.3 is 7.12 Å². The lowest BCUT2D eigenvalue weighted by atomic mass is 9.80. The Morgan fingerprint density at radius 3 is 1.80 bits per heavy atom. The number of pyridine rings is 2. The first-order chi connectivity index (χ1) is 24.0. The summed E-state index contributed by atoms with van der Waals surface area (Å²) >= 11 is 3.58. The third kappa shape index (κ3) is 9.62. The summed E-state index contributed by atoms with van der Waals surface area (Å²) in [5.41, 5.74) is 6.99.